The number of para-hydroxylation sites is 1. The number of imidazole rings is 1. The fourth-order valence-corrected chi connectivity index (χ4v) is 3.76. The van der Waals surface area contributed by atoms with Gasteiger partial charge in [-0.3, -0.25) is 14.2 Å². The lowest BCUT2D eigenvalue weighted by Crippen LogP contribution is -2.28. The topological polar surface area (TPSA) is 60.6 Å². The Bertz CT molecular complexity index is 1070. The Kier molecular flexibility index (Phi) is 7.26. The van der Waals surface area contributed by atoms with Gasteiger partial charge in [0.05, 0.1) is 17.9 Å². The smallest absolute Gasteiger partial charge is 0.165 e. The monoisotopic (exact) mass is 442 g/mol. The van der Waals surface area contributed by atoms with Crippen LogP contribution in [0.5, 0.6) is 0 Å². The molecule has 6 nitrogen and oxygen atoms in total. The van der Waals surface area contributed by atoms with E-state index in [0.717, 1.165) is 55.4 Å². The average Bonchev–Trinajstić information content (AvgIpc) is 3.40. The average molecular weight is 443 g/mol. The summed E-state index contributed by atoms with van der Waals surface area (Å²) in [5.74, 6) is 0.882. The third-order valence-corrected chi connectivity index (χ3v) is 5.17. The van der Waals surface area contributed by atoms with Crippen LogP contribution in [0.3, 0.4) is 0 Å². The zero-order valence-electron chi connectivity index (χ0n) is 16.4. The lowest BCUT2D eigenvalue weighted by atomic mass is 10.1. The van der Waals surface area contributed by atoms with E-state index in [-0.39, 0.29) is 24.8 Å². The number of aromatic nitrogens is 5. The summed E-state index contributed by atoms with van der Waals surface area (Å²) in [7, 11) is 0. The lowest BCUT2D eigenvalue weighted by Gasteiger charge is -2.13. The molecular formula is C22H24Cl2N6. The summed E-state index contributed by atoms with van der Waals surface area (Å²) in [5, 5.41) is 8.18. The number of fused-ring (bicyclic) bond motifs is 1. The Morgan fingerprint density at radius 2 is 1.80 bits per heavy atom. The molecule has 0 unspecified atom stereocenters. The van der Waals surface area contributed by atoms with Gasteiger partial charge >= 0.3 is 0 Å². The summed E-state index contributed by atoms with van der Waals surface area (Å²) in [5.41, 5.74) is 5.66. The number of nitrogens with one attached hydrogen (secondary N) is 1. The van der Waals surface area contributed by atoms with Gasteiger partial charge in [-0.2, -0.15) is 5.10 Å². The van der Waals surface area contributed by atoms with Crippen LogP contribution < -0.4 is 5.32 Å². The van der Waals surface area contributed by atoms with Crippen molar-refractivity contribution < 1.29 is 0 Å². The number of halogens is 2. The molecule has 1 aliphatic rings. The quantitative estimate of drug-likeness (QED) is 0.509. The molecule has 5 rings (SSSR count). The SMILES string of the molecule is Cl.Cl.c1ccc(CCc2ccccc2-n2ccnc2-c2cc3n(n2)CCNC3)nc1. The van der Waals surface area contributed by atoms with Crippen molar-refractivity contribution in [1.29, 1.82) is 0 Å². The Hall–Kier alpha value is -2.67. The Morgan fingerprint density at radius 1 is 0.933 bits per heavy atom. The molecular weight excluding hydrogens is 419 g/mol. The molecule has 0 spiro atoms. The van der Waals surface area contributed by atoms with E-state index in [9.17, 15) is 0 Å². The number of aryl methyl sites for hydroxylation is 2. The maximum Gasteiger partial charge on any atom is 0.165 e. The van der Waals surface area contributed by atoms with Crippen LogP contribution in [-0.4, -0.2) is 30.9 Å². The summed E-state index contributed by atoms with van der Waals surface area (Å²) >= 11 is 0. The van der Waals surface area contributed by atoms with Crippen LogP contribution >= 0.6 is 24.8 Å². The van der Waals surface area contributed by atoms with E-state index in [1.165, 1.54) is 11.3 Å². The van der Waals surface area contributed by atoms with Gasteiger partial charge in [0, 0.05) is 37.4 Å². The van der Waals surface area contributed by atoms with Crippen LogP contribution in [0.4, 0.5) is 0 Å². The third-order valence-electron chi connectivity index (χ3n) is 5.17. The van der Waals surface area contributed by atoms with Crippen LogP contribution in [0.1, 0.15) is 17.0 Å². The number of pyridine rings is 1. The van der Waals surface area contributed by atoms with Crippen LogP contribution in [0.2, 0.25) is 0 Å². The number of hydrogen-bond acceptors (Lipinski definition) is 4. The normalized spacial score (nSPS) is 12.5. The first-order chi connectivity index (χ1) is 13.9. The molecule has 30 heavy (non-hydrogen) atoms. The van der Waals surface area contributed by atoms with Crippen LogP contribution in [0, 0.1) is 0 Å². The maximum absolute atomic E-state index is 4.79. The summed E-state index contributed by atoms with van der Waals surface area (Å²) in [6.45, 7) is 2.71. The van der Waals surface area contributed by atoms with Gasteiger partial charge < -0.3 is 5.32 Å². The minimum atomic E-state index is 0. The molecule has 156 valence electrons. The zero-order chi connectivity index (χ0) is 18.8. The summed E-state index contributed by atoms with van der Waals surface area (Å²) in [6, 6.07) is 16.7. The highest BCUT2D eigenvalue weighted by Crippen LogP contribution is 2.25. The molecule has 0 radical (unpaired) electrons. The highest BCUT2D eigenvalue weighted by atomic mass is 35.5. The van der Waals surface area contributed by atoms with Gasteiger partial charge in [0.1, 0.15) is 5.69 Å². The molecule has 0 aliphatic carbocycles. The van der Waals surface area contributed by atoms with Crippen molar-refractivity contribution in [2.24, 2.45) is 0 Å². The molecule has 8 heteroatoms. The molecule has 3 aromatic heterocycles. The highest BCUT2D eigenvalue weighted by molar-refractivity contribution is 5.85. The first-order valence-electron chi connectivity index (χ1n) is 9.68. The van der Waals surface area contributed by atoms with Crippen molar-refractivity contribution in [2.75, 3.05) is 6.54 Å². The summed E-state index contributed by atoms with van der Waals surface area (Å²) < 4.78 is 4.23. The fourth-order valence-electron chi connectivity index (χ4n) is 3.76. The van der Waals surface area contributed by atoms with E-state index in [2.05, 4.69) is 60.9 Å². The van der Waals surface area contributed by atoms with E-state index in [1.54, 1.807) is 0 Å². The van der Waals surface area contributed by atoms with Gasteiger partial charge in [-0.05, 0) is 42.7 Å². The number of hydrogen-bond donors (Lipinski definition) is 1. The molecule has 4 aromatic rings. The predicted molar refractivity (Wildman–Crippen MR) is 123 cm³/mol. The van der Waals surface area contributed by atoms with Gasteiger partial charge in [-0.1, -0.05) is 24.3 Å². The van der Waals surface area contributed by atoms with Gasteiger partial charge in [0.25, 0.3) is 0 Å². The van der Waals surface area contributed by atoms with Gasteiger partial charge in [-0.15, -0.1) is 24.8 Å². The van der Waals surface area contributed by atoms with E-state index in [1.807, 2.05) is 30.7 Å². The molecule has 0 bridgehead atoms. The molecule has 4 heterocycles. The molecule has 0 saturated heterocycles. The van der Waals surface area contributed by atoms with Crippen LogP contribution in [-0.2, 0) is 25.9 Å². The van der Waals surface area contributed by atoms with Crippen molar-refractivity contribution in [2.45, 2.75) is 25.9 Å². The van der Waals surface area contributed by atoms with Crippen molar-refractivity contribution in [3.05, 3.63) is 84.1 Å². The molecule has 0 saturated carbocycles. The Labute approximate surface area is 188 Å². The standard InChI is InChI=1S/C22H22N6.2ClH/c1-2-7-21(17(5-1)8-9-18-6-3-4-10-24-18)27-13-12-25-22(27)20-15-19-16-23-11-14-28(19)26-20;;/h1-7,10,12-13,15,23H,8-9,11,14,16H2;2*1H. The highest BCUT2D eigenvalue weighted by Gasteiger charge is 2.17. The molecule has 0 atom stereocenters. The molecule has 1 aromatic carbocycles. The molecule has 0 amide bonds. The third kappa shape index (κ3) is 4.41. The first-order valence-corrected chi connectivity index (χ1v) is 9.68. The van der Waals surface area contributed by atoms with E-state index < -0.39 is 0 Å². The van der Waals surface area contributed by atoms with E-state index >= 15 is 0 Å². The van der Waals surface area contributed by atoms with Crippen molar-refractivity contribution >= 4 is 24.8 Å². The van der Waals surface area contributed by atoms with Crippen molar-refractivity contribution in [3.63, 3.8) is 0 Å². The largest absolute Gasteiger partial charge is 0.309 e. The number of rotatable bonds is 5. The van der Waals surface area contributed by atoms with Crippen molar-refractivity contribution in [3.8, 4) is 17.2 Å². The number of nitrogens with zero attached hydrogens (tertiary/aromatic N) is 5. The van der Waals surface area contributed by atoms with Crippen molar-refractivity contribution in [1.82, 2.24) is 29.6 Å². The summed E-state index contributed by atoms with van der Waals surface area (Å²) in [6.07, 6.45) is 7.55. The van der Waals surface area contributed by atoms with Crippen LogP contribution in [0.15, 0.2) is 67.1 Å². The fraction of sp³-hybridized carbons (Fsp3) is 0.227. The minimum absolute atomic E-state index is 0. The zero-order valence-corrected chi connectivity index (χ0v) is 18.1. The minimum Gasteiger partial charge on any atom is -0.309 e. The van der Waals surface area contributed by atoms with Gasteiger partial charge in [0.15, 0.2) is 5.82 Å². The molecule has 1 aliphatic heterocycles. The maximum atomic E-state index is 4.79. The second-order valence-electron chi connectivity index (χ2n) is 6.99. The van der Waals surface area contributed by atoms with Gasteiger partial charge in [0.2, 0.25) is 0 Å². The predicted octanol–water partition coefficient (Wildman–Crippen LogP) is 3.86. The lowest BCUT2D eigenvalue weighted by molar-refractivity contribution is 0.476. The Balaban J connectivity index is 0.00000128. The molecule has 1 N–H and O–H groups in total. The second-order valence-corrected chi connectivity index (χ2v) is 6.99. The first kappa shape index (κ1) is 22.0. The van der Waals surface area contributed by atoms with Gasteiger partial charge in [-0.25, -0.2) is 4.98 Å². The molecule has 0 fully saturated rings. The van der Waals surface area contributed by atoms with Crippen LogP contribution in [0.25, 0.3) is 17.2 Å². The van der Waals surface area contributed by atoms with E-state index in [4.69, 9.17) is 5.10 Å². The second kappa shape index (κ2) is 9.89. The summed E-state index contributed by atoms with van der Waals surface area (Å²) in [4.78, 5) is 9.07. The Morgan fingerprint density at radius 3 is 2.63 bits per heavy atom. The van der Waals surface area contributed by atoms with E-state index in [0.29, 0.717) is 0 Å². The number of benzene rings is 1.